The molecule has 3 rings (SSSR count). The molecule has 1 fully saturated rings. The summed E-state index contributed by atoms with van der Waals surface area (Å²) in [5.41, 5.74) is 6.73. The van der Waals surface area contributed by atoms with E-state index >= 15 is 0 Å². The van der Waals surface area contributed by atoms with Crippen LogP contribution in [0.15, 0.2) is 30.3 Å². The van der Waals surface area contributed by atoms with E-state index in [1.54, 1.807) is 0 Å². The Bertz CT molecular complexity index is 592. The molecule has 6 heteroatoms. The van der Waals surface area contributed by atoms with Crippen LogP contribution < -0.4 is 10.6 Å². The van der Waals surface area contributed by atoms with Gasteiger partial charge in [-0.15, -0.1) is 0 Å². The van der Waals surface area contributed by atoms with Crippen LogP contribution in [0.5, 0.6) is 0 Å². The number of nitrogens with two attached hydrogens (primary N) is 1. The van der Waals surface area contributed by atoms with Crippen LogP contribution in [-0.2, 0) is 0 Å². The summed E-state index contributed by atoms with van der Waals surface area (Å²) in [6, 6.07) is 10.2. The first-order chi connectivity index (χ1) is 9.74. The molecule has 0 unspecified atom stereocenters. The van der Waals surface area contributed by atoms with Gasteiger partial charge < -0.3 is 10.6 Å². The van der Waals surface area contributed by atoms with Crippen molar-refractivity contribution in [2.24, 2.45) is 5.73 Å². The van der Waals surface area contributed by atoms with Crippen molar-refractivity contribution in [2.75, 3.05) is 11.4 Å². The minimum atomic E-state index is 0.526. The van der Waals surface area contributed by atoms with Crippen LogP contribution in [0.25, 0.3) is 0 Å². The van der Waals surface area contributed by atoms with Crippen LogP contribution in [-0.4, -0.2) is 20.9 Å². The summed E-state index contributed by atoms with van der Waals surface area (Å²) < 4.78 is 4.48. The maximum absolute atomic E-state index is 5.63. The SMILES string of the molecule is NC(=S)CCN(c1ccccc1)c1nc(C2CC2)ns1. The predicted octanol–water partition coefficient (Wildman–Crippen LogP) is 3.23. The summed E-state index contributed by atoms with van der Waals surface area (Å²) in [5.74, 6) is 1.56. The Morgan fingerprint density at radius 1 is 1.35 bits per heavy atom. The molecule has 4 nitrogen and oxygen atoms in total. The molecule has 1 aliphatic carbocycles. The largest absolute Gasteiger partial charge is 0.393 e. The number of aromatic nitrogens is 2. The van der Waals surface area contributed by atoms with E-state index in [-0.39, 0.29) is 0 Å². The van der Waals surface area contributed by atoms with Gasteiger partial charge in [0.25, 0.3) is 0 Å². The molecule has 0 atom stereocenters. The molecule has 104 valence electrons. The fourth-order valence-corrected chi connectivity index (χ4v) is 2.89. The van der Waals surface area contributed by atoms with Crippen molar-refractivity contribution in [2.45, 2.75) is 25.2 Å². The number of rotatable bonds is 6. The highest BCUT2D eigenvalue weighted by Gasteiger charge is 2.28. The summed E-state index contributed by atoms with van der Waals surface area (Å²) in [6.45, 7) is 0.735. The van der Waals surface area contributed by atoms with Gasteiger partial charge in [0.15, 0.2) is 0 Å². The van der Waals surface area contributed by atoms with E-state index in [0.29, 0.717) is 17.3 Å². The maximum Gasteiger partial charge on any atom is 0.209 e. The molecule has 20 heavy (non-hydrogen) atoms. The molecule has 0 saturated heterocycles. The van der Waals surface area contributed by atoms with Crippen LogP contribution in [0.3, 0.4) is 0 Å². The lowest BCUT2D eigenvalue weighted by molar-refractivity contribution is 0.930. The minimum Gasteiger partial charge on any atom is -0.393 e. The summed E-state index contributed by atoms with van der Waals surface area (Å²) in [4.78, 5) is 7.34. The van der Waals surface area contributed by atoms with E-state index in [4.69, 9.17) is 18.0 Å². The third-order valence-corrected chi connectivity index (χ3v) is 4.21. The van der Waals surface area contributed by atoms with Gasteiger partial charge in [0.2, 0.25) is 5.13 Å². The first-order valence-corrected chi connectivity index (χ1v) is 7.86. The zero-order valence-corrected chi connectivity index (χ0v) is 12.7. The summed E-state index contributed by atoms with van der Waals surface area (Å²) >= 11 is 6.44. The average molecular weight is 304 g/mol. The molecule has 1 aromatic carbocycles. The molecular weight excluding hydrogens is 288 g/mol. The summed E-state index contributed by atoms with van der Waals surface area (Å²) in [5, 5.41) is 0.925. The van der Waals surface area contributed by atoms with E-state index in [9.17, 15) is 0 Å². The molecule has 1 aromatic heterocycles. The van der Waals surface area contributed by atoms with Gasteiger partial charge in [0, 0.05) is 36.1 Å². The van der Waals surface area contributed by atoms with Gasteiger partial charge in [0.05, 0.1) is 4.99 Å². The summed E-state index contributed by atoms with van der Waals surface area (Å²) in [6.07, 6.45) is 3.10. The van der Waals surface area contributed by atoms with Gasteiger partial charge in [-0.3, -0.25) is 0 Å². The van der Waals surface area contributed by atoms with Crippen molar-refractivity contribution in [1.29, 1.82) is 0 Å². The number of thiocarbonyl (C=S) groups is 1. The molecule has 2 aromatic rings. The lowest BCUT2D eigenvalue weighted by Gasteiger charge is -2.21. The molecule has 0 bridgehead atoms. The minimum absolute atomic E-state index is 0.526. The quantitative estimate of drug-likeness (QED) is 0.830. The van der Waals surface area contributed by atoms with Crippen molar-refractivity contribution in [3.05, 3.63) is 36.2 Å². The number of nitrogens with zero attached hydrogens (tertiary/aromatic N) is 3. The van der Waals surface area contributed by atoms with Crippen molar-refractivity contribution >= 4 is 39.6 Å². The Balaban J connectivity index is 1.85. The number of para-hydroxylation sites is 1. The van der Waals surface area contributed by atoms with Gasteiger partial charge >= 0.3 is 0 Å². The molecule has 0 aliphatic heterocycles. The lowest BCUT2D eigenvalue weighted by atomic mass is 10.3. The molecule has 1 saturated carbocycles. The van der Waals surface area contributed by atoms with Crippen LogP contribution in [0.4, 0.5) is 10.8 Å². The van der Waals surface area contributed by atoms with Crippen LogP contribution in [0.1, 0.15) is 31.0 Å². The van der Waals surface area contributed by atoms with E-state index in [0.717, 1.165) is 23.2 Å². The highest BCUT2D eigenvalue weighted by atomic mass is 32.1. The molecule has 0 amide bonds. The Kier molecular flexibility index (Phi) is 3.93. The Morgan fingerprint density at radius 3 is 2.75 bits per heavy atom. The maximum atomic E-state index is 5.63. The molecule has 1 heterocycles. The Labute approximate surface area is 127 Å². The molecular formula is C14H16N4S2. The molecule has 2 N–H and O–H groups in total. The first-order valence-electron chi connectivity index (χ1n) is 6.68. The highest BCUT2D eigenvalue weighted by molar-refractivity contribution is 7.80. The van der Waals surface area contributed by atoms with Crippen molar-refractivity contribution < 1.29 is 0 Å². The van der Waals surface area contributed by atoms with Crippen LogP contribution in [0.2, 0.25) is 0 Å². The Morgan fingerprint density at radius 2 is 2.10 bits per heavy atom. The molecule has 0 spiro atoms. The third-order valence-electron chi connectivity index (χ3n) is 3.25. The zero-order chi connectivity index (χ0) is 13.9. The van der Waals surface area contributed by atoms with Gasteiger partial charge in [0.1, 0.15) is 5.82 Å². The van der Waals surface area contributed by atoms with Gasteiger partial charge in [-0.1, -0.05) is 30.4 Å². The summed E-state index contributed by atoms with van der Waals surface area (Å²) in [7, 11) is 0. The van der Waals surface area contributed by atoms with Crippen molar-refractivity contribution in [3.63, 3.8) is 0 Å². The normalized spacial score (nSPS) is 14.2. The standard InChI is InChI=1S/C14H16N4S2/c15-12(19)8-9-18(11-4-2-1-3-5-11)14-16-13(17-20-14)10-6-7-10/h1-5,10H,6-9H2,(H2,15,19). The monoisotopic (exact) mass is 304 g/mol. The third kappa shape index (κ3) is 3.13. The number of anilines is 2. The molecule has 0 radical (unpaired) electrons. The topological polar surface area (TPSA) is 55.0 Å². The van der Waals surface area contributed by atoms with Crippen LogP contribution in [0, 0.1) is 0 Å². The Hall–Kier alpha value is -1.53. The van der Waals surface area contributed by atoms with Gasteiger partial charge in [-0.25, -0.2) is 4.98 Å². The van der Waals surface area contributed by atoms with Crippen LogP contribution >= 0.6 is 23.8 Å². The predicted molar refractivity (Wildman–Crippen MR) is 86.7 cm³/mol. The number of hydrogen-bond acceptors (Lipinski definition) is 5. The number of hydrogen-bond donors (Lipinski definition) is 1. The van der Waals surface area contributed by atoms with E-state index in [1.807, 2.05) is 18.2 Å². The second-order valence-electron chi connectivity index (χ2n) is 4.91. The second-order valence-corrected chi connectivity index (χ2v) is 6.17. The number of benzene rings is 1. The first kappa shape index (κ1) is 13.5. The van der Waals surface area contributed by atoms with E-state index in [1.165, 1.54) is 24.4 Å². The van der Waals surface area contributed by atoms with Gasteiger partial charge in [-0.2, -0.15) is 4.37 Å². The molecule has 1 aliphatic rings. The zero-order valence-electron chi connectivity index (χ0n) is 11.0. The lowest BCUT2D eigenvalue weighted by Crippen LogP contribution is -2.23. The smallest absolute Gasteiger partial charge is 0.209 e. The average Bonchev–Trinajstić information content (AvgIpc) is 3.19. The fraction of sp³-hybridized carbons (Fsp3) is 0.357. The van der Waals surface area contributed by atoms with Gasteiger partial charge in [-0.05, 0) is 25.0 Å². The van der Waals surface area contributed by atoms with Crippen molar-refractivity contribution in [3.8, 4) is 0 Å². The second kappa shape index (κ2) is 5.85. The van der Waals surface area contributed by atoms with E-state index in [2.05, 4.69) is 26.4 Å². The van der Waals surface area contributed by atoms with Crippen molar-refractivity contribution in [1.82, 2.24) is 9.36 Å². The van der Waals surface area contributed by atoms with E-state index < -0.39 is 0 Å². The fourth-order valence-electron chi connectivity index (χ4n) is 2.01. The highest BCUT2D eigenvalue weighted by Crippen LogP contribution is 2.40.